The summed E-state index contributed by atoms with van der Waals surface area (Å²) in [5, 5.41) is 16.1. The number of fused-ring (bicyclic) bond motifs is 2. The molecule has 2 aliphatic rings. The van der Waals surface area contributed by atoms with Crippen molar-refractivity contribution in [2.75, 3.05) is 33.8 Å². The number of amides is 3. The minimum Gasteiger partial charge on any atom is -0.491 e. The molecular weight excluding hydrogens is 410 g/mol. The van der Waals surface area contributed by atoms with Gasteiger partial charge in [0.2, 0.25) is 11.9 Å². The van der Waals surface area contributed by atoms with E-state index in [1.807, 2.05) is 49.4 Å². The van der Waals surface area contributed by atoms with Crippen molar-refractivity contribution in [1.82, 2.24) is 15.1 Å². The second-order valence-electron chi connectivity index (χ2n) is 7.99. The first-order valence-electron chi connectivity index (χ1n) is 10.7. The standard InChI is InChI=1S/C23H27N5O4/c1-4-11-24-22-25-20-19(21(30)27(3)23(31)26(20)2)28(22)13-17(29)14-32-18-10-9-15-7-5-6-8-16(15)12-18/h5-10,12,17,19,29H,4,11,13-14H2,1-3H3/p+1. The lowest BCUT2D eigenvalue weighted by Gasteiger charge is -2.32. The normalized spacial score (nSPS) is 19.4. The molecule has 9 nitrogen and oxygen atoms in total. The van der Waals surface area contributed by atoms with E-state index in [1.54, 1.807) is 11.6 Å². The smallest absolute Gasteiger partial charge is 0.390 e. The lowest BCUT2D eigenvalue weighted by Crippen LogP contribution is -2.62. The number of nitrogens with one attached hydrogen (secondary N) is 1. The Bertz CT molecular complexity index is 1110. The van der Waals surface area contributed by atoms with Gasteiger partial charge in [0.15, 0.2) is 0 Å². The molecule has 2 heterocycles. The molecule has 2 atom stereocenters. The van der Waals surface area contributed by atoms with Crippen molar-refractivity contribution in [3.05, 3.63) is 42.5 Å². The molecule has 168 valence electrons. The molecule has 2 aromatic rings. The van der Waals surface area contributed by atoms with Crippen molar-refractivity contribution in [2.45, 2.75) is 25.5 Å². The predicted octanol–water partition coefficient (Wildman–Crippen LogP) is 1.25. The molecule has 0 bridgehead atoms. The Balaban J connectivity index is 1.49. The molecule has 0 radical (unpaired) electrons. The summed E-state index contributed by atoms with van der Waals surface area (Å²) in [4.78, 5) is 32.2. The molecule has 0 aromatic heterocycles. The molecule has 2 unspecified atom stereocenters. The van der Waals surface area contributed by atoms with Gasteiger partial charge in [0.25, 0.3) is 5.91 Å². The van der Waals surface area contributed by atoms with Gasteiger partial charge in [-0.15, -0.1) is 0 Å². The number of likely N-dealkylation sites (N-methyl/N-ethyl adjacent to an activating group) is 2. The highest BCUT2D eigenvalue weighted by Crippen LogP contribution is 2.21. The molecule has 3 amide bonds. The van der Waals surface area contributed by atoms with Crippen molar-refractivity contribution in [2.24, 2.45) is 4.99 Å². The summed E-state index contributed by atoms with van der Waals surface area (Å²) < 4.78 is 7.53. The van der Waals surface area contributed by atoms with Crippen molar-refractivity contribution >= 4 is 34.5 Å². The number of guanidine groups is 1. The second kappa shape index (κ2) is 8.96. The van der Waals surface area contributed by atoms with Crippen molar-refractivity contribution in [3.63, 3.8) is 0 Å². The number of hydrogen-bond acceptors (Lipinski definition) is 6. The van der Waals surface area contributed by atoms with Crippen molar-refractivity contribution in [3.8, 4) is 5.75 Å². The number of urea groups is 1. The zero-order valence-corrected chi connectivity index (χ0v) is 18.5. The average Bonchev–Trinajstić information content (AvgIpc) is 3.16. The van der Waals surface area contributed by atoms with E-state index in [1.165, 1.54) is 11.9 Å². The first-order chi connectivity index (χ1) is 15.4. The first-order valence-corrected chi connectivity index (χ1v) is 10.7. The Labute approximate surface area is 186 Å². The van der Waals surface area contributed by atoms with Crippen molar-refractivity contribution < 1.29 is 24.0 Å². The third kappa shape index (κ3) is 4.03. The van der Waals surface area contributed by atoms with Crippen LogP contribution in [-0.4, -0.2) is 89.2 Å². The van der Waals surface area contributed by atoms with Gasteiger partial charge in [0, 0.05) is 14.1 Å². The highest BCUT2D eigenvalue weighted by molar-refractivity contribution is 6.22. The maximum atomic E-state index is 12.9. The number of carbonyl (C=O) groups excluding carboxylic acids is 2. The Morgan fingerprint density at radius 2 is 1.91 bits per heavy atom. The fraction of sp³-hybridized carbons (Fsp3) is 0.391. The highest BCUT2D eigenvalue weighted by Gasteiger charge is 2.51. The summed E-state index contributed by atoms with van der Waals surface area (Å²) in [6.07, 6.45) is -0.0150. The van der Waals surface area contributed by atoms with Crippen LogP contribution in [0.2, 0.25) is 0 Å². The molecule has 4 rings (SSSR count). The molecule has 2 N–H and O–H groups in total. The van der Waals surface area contributed by atoms with E-state index in [2.05, 4.69) is 10.3 Å². The Morgan fingerprint density at radius 3 is 2.66 bits per heavy atom. The zero-order valence-electron chi connectivity index (χ0n) is 18.5. The molecule has 0 saturated carbocycles. The topological polar surface area (TPSA) is 97.5 Å². The molecule has 2 aromatic carbocycles. The van der Waals surface area contributed by atoms with E-state index >= 15 is 0 Å². The summed E-state index contributed by atoms with van der Waals surface area (Å²) in [5.41, 5.74) is 0. The number of carbonyl (C=O) groups is 2. The number of hydrogen-bond donors (Lipinski definition) is 2. The lowest BCUT2D eigenvalue weighted by molar-refractivity contribution is -0.545. The van der Waals surface area contributed by atoms with Gasteiger partial charge in [0.05, 0.1) is 13.1 Å². The molecule has 1 fully saturated rings. The van der Waals surface area contributed by atoms with Crippen LogP contribution in [0, 0.1) is 0 Å². The summed E-state index contributed by atoms with van der Waals surface area (Å²) in [6, 6.07) is 12.6. The highest BCUT2D eigenvalue weighted by atomic mass is 16.5. The van der Waals surface area contributed by atoms with E-state index in [0.29, 0.717) is 24.1 Å². The van der Waals surface area contributed by atoms with E-state index in [0.717, 1.165) is 22.1 Å². The van der Waals surface area contributed by atoms with Gasteiger partial charge < -0.3 is 9.84 Å². The largest absolute Gasteiger partial charge is 0.491 e. The van der Waals surface area contributed by atoms with Gasteiger partial charge >= 0.3 is 12.0 Å². The van der Waals surface area contributed by atoms with Crippen LogP contribution in [0.3, 0.4) is 0 Å². The fourth-order valence-electron chi connectivity index (χ4n) is 3.90. The van der Waals surface area contributed by atoms with Crippen LogP contribution < -0.4 is 10.1 Å². The number of aliphatic hydroxyl groups is 1. The Kier molecular flexibility index (Phi) is 6.09. The fourth-order valence-corrected chi connectivity index (χ4v) is 3.90. The number of β-amino-alcohol motifs (C(OH)–C–C–N with tert-alkyl or cyclic N) is 1. The molecule has 1 saturated heterocycles. The van der Waals surface area contributed by atoms with Gasteiger partial charge in [-0.05, 0) is 29.3 Å². The minimum absolute atomic E-state index is 0.0523. The number of imide groups is 1. The van der Waals surface area contributed by atoms with E-state index < -0.39 is 18.2 Å². The monoisotopic (exact) mass is 438 g/mol. The van der Waals surface area contributed by atoms with Crippen LogP contribution in [0.5, 0.6) is 5.75 Å². The van der Waals surface area contributed by atoms with E-state index in [-0.39, 0.29) is 19.1 Å². The summed E-state index contributed by atoms with van der Waals surface area (Å²) in [7, 11) is 3.05. The molecular formula is C23H28N5O4+. The van der Waals surface area contributed by atoms with Gasteiger partial charge in [-0.25, -0.2) is 9.37 Å². The minimum atomic E-state index is -0.879. The molecule has 0 spiro atoms. The average molecular weight is 439 g/mol. The maximum Gasteiger partial charge on any atom is 0.390 e. The number of aliphatic hydroxyl groups excluding tert-OH is 1. The Hall–Kier alpha value is -3.46. The number of rotatable bonds is 7. The van der Waals surface area contributed by atoms with Gasteiger partial charge in [0.1, 0.15) is 18.5 Å². The maximum absolute atomic E-state index is 12.9. The van der Waals surface area contributed by atoms with Crippen molar-refractivity contribution in [1.29, 1.82) is 0 Å². The lowest BCUT2D eigenvalue weighted by atomic mass is 10.1. The van der Waals surface area contributed by atoms with E-state index in [4.69, 9.17) is 4.74 Å². The zero-order chi connectivity index (χ0) is 22.8. The van der Waals surface area contributed by atoms with Crippen LogP contribution >= 0.6 is 0 Å². The molecule has 32 heavy (non-hydrogen) atoms. The van der Waals surface area contributed by atoms with Crippen LogP contribution in [0.4, 0.5) is 4.79 Å². The first kappa shape index (κ1) is 21.8. The van der Waals surface area contributed by atoms with Crippen LogP contribution in [-0.2, 0) is 4.79 Å². The van der Waals surface area contributed by atoms with Crippen LogP contribution in [0.15, 0.2) is 47.5 Å². The van der Waals surface area contributed by atoms with Crippen LogP contribution in [0.25, 0.3) is 10.8 Å². The molecule has 9 heteroatoms. The SMILES string of the molecule is CCCNC1=[N+](CC(O)COc2ccc3ccccc3c2)C2C(=O)N(C)C(=O)N(C)C2=N1. The Morgan fingerprint density at radius 1 is 1.16 bits per heavy atom. The number of aliphatic imine (C=N–C) groups is 1. The number of nitrogens with zero attached hydrogens (tertiary/aromatic N) is 4. The third-order valence-electron chi connectivity index (χ3n) is 5.63. The molecule has 2 aliphatic heterocycles. The summed E-state index contributed by atoms with van der Waals surface area (Å²) in [5.74, 6) is 1.12. The molecule has 0 aliphatic carbocycles. The van der Waals surface area contributed by atoms with Gasteiger partial charge in [-0.3, -0.25) is 19.9 Å². The second-order valence-corrected chi connectivity index (χ2v) is 7.99. The number of ether oxygens (including phenoxy) is 1. The third-order valence-corrected chi connectivity index (χ3v) is 5.63. The summed E-state index contributed by atoms with van der Waals surface area (Å²) in [6.45, 7) is 2.85. The van der Waals surface area contributed by atoms with Gasteiger partial charge in [-0.2, -0.15) is 0 Å². The predicted molar refractivity (Wildman–Crippen MR) is 121 cm³/mol. The van der Waals surface area contributed by atoms with Gasteiger partial charge in [-0.1, -0.05) is 42.2 Å². The quantitative estimate of drug-likeness (QED) is 0.635. The van der Waals surface area contributed by atoms with Crippen LogP contribution in [0.1, 0.15) is 13.3 Å². The number of amidine groups is 1. The van der Waals surface area contributed by atoms with E-state index in [9.17, 15) is 14.7 Å². The summed E-state index contributed by atoms with van der Waals surface area (Å²) >= 11 is 0. The number of benzene rings is 2.